The first-order valence-corrected chi connectivity index (χ1v) is 5.55. The van der Waals surface area contributed by atoms with Crippen LogP contribution < -0.4 is 10.5 Å². The fourth-order valence-corrected chi connectivity index (χ4v) is 1.61. The summed E-state index contributed by atoms with van der Waals surface area (Å²) in [5, 5.41) is 8.83. The van der Waals surface area contributed by atoms with Crippen molar-refractivity contribution in [3.63, 3.8) is 0 Å². The van der Waals surface area contributed by atoms with E-state index in [9.17, 15) is 13.2 Å². The van der Waals surface area contributed by atoms with E-state index in [2.05, 4.69) is 0 Å². The van der Waals surface area contributed by atoms with E-state index in [1.54, 1.807) is 0 Å². The van der Waals surface area contributed by atoms with Gasteiger partial charge in [0.2, 0.25) is 0 Å². The summed E-state index contributed by atoms with van der Waals surface area (Å²) in [5.41, 5.74) is 5.04. The van der Waals surface area contributed by atoms with Gasteiger partial charge in [-0.1, -0.05) is 12.1 Å². The zero-order valence-corrected chi connectivity index (χ0v) is 10.1. The average molecular weight is 278 g/mol. The second-order valence-corrected chi connectivity index (χ2v) is 3.96. The lowest BCUT2D eigenvalue weighted by atomic mass is 10.1. The lowest BCUT2D eigenvalue weighted by molar-refractivity contribution is -0.138. The van der Waals surface area contributed by atoms with E-state index in [0.717, 1.165) is 6.07 Å². The average Bonchev–Trinajstić information content (AvgIpc) is 2.40. The largest absolute Gasteiger partial charge is 0.457 e. The molecular formula is C14H9F3N2O. The zero-order chi connectivity index (χ0) is 14.8. The molecule has 3 nitrogen and oxygen atoms in total. The molecule has 102 valence electrons. The highest BCUT2D eigenvalue weighted by Gasteiger charge is 2.34. The third-order valence-corrected chi connectivity index (χ3v) is 2.57. The second-order valence-electron chi connectivity index (χ2n) is 3.96. The molecule has 2 aromatic rings. The van der Waals surface area contributed by atoms with Crippen LogP contribution in [-0.2, 0) is 6.18 Å². The van der Waals surface area contributed by atoms with Gasteiger partial charge in [0, 0.05) is 11.8 Å². The Labute approximate surface area is 113 Å². The third kappa shape index (κ3) is 2.83. The normalized spacial score (nSPS) is 10.9. The monoisotopic (exact) mass is 278 g/mol. The van der Waals surface area contributed by atoms with Crippen LogP contribution in [0.4, 0.5) is 18.9 Å². The molecule has 20 heavy (non-hydrogen) atoms. The van der Waals surface area contributed by atoms with Gasteiger partial charge >= 0.3 is 6.18 Å². The van der Waals surface area contributed by atoms with Gasteiger partial charge < -0.3 is 10.5 Å². The minimum Gasteiger partial charge on any atom is -0.457 e. The summed E-state index contributed by atoms with van der Waals surface area (Å²) in [7, 11) is 0. The molecule has 0 bridgehead atoms. The Morgan fingerprint density at radius 3 is 2.45 bits per heavy atom. The molecular weight excluding hydrogens is 269 g/mol. The molecule has 0 spiro atoms. The van der Waals surface area contributed by atoms with E-state index < -0.39 is 11.7 Å². The van der Waals surface area contributed by atoms with Gasteiger partial charge in [0.25, 0.3) is 0 Å². The Kier molecular flexibility index (Phi) is 3.53. The maximum Gasteiger partial charge on any atom is 0.419 e. The number of nitrogen functional groups attached to an aromatic ring is 1. The van der Waals surface area contributed by atoms with Crippen molar-refractivity contribution in [1.82, 2.24) is 0 Å². The van der Waals surface area contributed by atoms with Crippen LogP contribution in [0.3, 0.4) is 0 Å². The van der Waals surface area contributed by atoms with Crippen LogP contribution in [0.25, 0.3) is 0 Å². The number of anilines is 1. The van der Waals surface area contributed by atoms with Crippen LogP contribution >= 0.6 is 0 Å². The molecule has 0 heterocycles. The lowest BCUT2D eigenvalue weighted by Crippen LogP contribution is -2.06. The van der Waals surface area contributed by atoms with Gasteiger partial charge in [-0.3, -0.25) is 0 Å². The number of nitrogens with zero attached hydrogens (tertiary/aromatic N) is 1. The van der Waals surface area contributed by atoms with Crippen molar-refractivity contribution >= 4 is 5.69 Å². The standard InChI is InChI=1S/C14H9F3N2O/c15-14(16,17)11-3-1-2-4-13(11)20-10-5-6-12(19)9(7-10)8-18/h1-7H,19H2. The van der Waals surface area contributed by atoms with E-state index >= 15 is 0 Å². The number of alkyl halides is 3. The molecule has 0 radical (unpaired) electrons. The minimum absolute atomic E-state index is 0.118. The quantitative estimate of drug-likeness (QED) is 0.846. The predicted molar refractivity (Wildman–Crippen MR) is 67.1 cm³/mol. The minimum atomic E-state index is -4.51. The molecule has 0 unspecified atom stereocenters. The van der Waals surface area contributed by atoms with Crippen molar-refractivity contribution in [2.24, 2.45) is 0 Å². The van der Waals surface area contributed by atoms with E-state index in [1.165, 1.54) is 36.4 Å². The Bertz CT molecular complexity index is 675. The number of hydrogen-bond acceptors (Lipinski definition) is 3. The number of nitriles is 1. The number of hydrogen-bond donors (Lipinski definition) is 1. The van der Waals surface area contributed by atoms with Crippen LogP contribution in [0, 0.1) is 11.3 Å². The summed E-state index contributed by atoms with van der Waals surface area (Å²) >= 11 is 0. The fraction of sp³-hybridized carbons (Fsp3) is 0.0714. The molecule has 0 aliphatic heterocycles. The number of benzene rings is 2. The van der Waals surface area contributed by atoms with E-state index in [1.807, 2.05) is 6.07 Å². The summed E-state index contributed by atoms with van der Waals surface area (Å²) in [5.74, 6) is -0.207. The molecule has 2 rings (SSSR count). The van der Waals surface area contributed by atoms with Gasteiger partial charge in [-0.25, -0.2) is 0 Å². The number of para-hydroxylation sites is 1. The summed E-state index contributed by atoms with van der Waals surface area (Å²) in [6.07, 6.45) is -4.51. The number of ether oxygens (including phenoxy) is 1. The van der Waals surface area contributed by atoms with Crippen molar-refractivity contribution in [2.45, 2.75) is 6.18 Å². The van der Waals surface area contributed by atoms with Crippen molar-refractivity contribution in [2.75, 3.05) is 5.73 Å². The third-order valence-electron chi connectivity index (χ3n) is 2.57. The molecule has 2 aromatic carbocycles. The van der Waals surface area contributed by atoms with E-state index in [-0.39, 0.29) is 22.7 Å². The van der Waals surface area contributed by atoms with Gasteiger partial charge in [-0.2, -0.15) is 18.4 Å². The predicted octanol–water partition coefficient (Wildman–Crippen LogP) is 3.95. The molecule has 6 heteroatoms. The smallest absolute Gasteiger partial charge is 0.419 e. The van der Waals surface area contributed by atoms with Crippen molar-refractivity contribution in [3.05, 3.63) is 53.6 Å². The molecule has 0 fully saturated rings. The molecule has 0 saturated carbocycles. The topological polar surface area (TPSA) is 59.0 Å². The van der Waals surface area contributed by atoms with Crippen LogP contribution in [0.1, 0.15) is 11.1 Å². The molecule has 0 amide bonds. The molecule has 0 atom stereocenters. The fourth-order valence-electron chi connectivity index (χ4n) is 1.61. The number of halogens is 3. The van der Waals surface area contributed by atoms with E-state index in [0.29, 0.717) is 0 Å². The van der Waals surface area contributed by atoms with Crippen LogP contribution in [0.5, 0.6) is 11.5 Å². The maximum atomic E-state index is 12.8. The molecule has 0 aliphatic rings. The van der Waals surface area contributed by atoms with Crippen molar-refractivity contribution in [3.8, 4) is 17.6 Å². The van der Waals surface area contributed by atoms with Gasteiger partial charge in [-0.05, 0) is 24.3 Å². The maximum absolute atomic E-state index is 12.8. The van der Waals surface area contributed by atoms with Crippen molar-refractivity contribution in [1.29, 1.82) is 5.26 Å². The van der Waals surface area contributed by atoms with Gasteiger partial charge in [0.05, 0.1) is 11.1 Å². The van der Waals surface area contributed by atoms with Crippen LogP contribution in [0.2, 0.25) is 0 Å². The van der Waals surface area contributed by atoms with Crippen LogP contribution in [-0.4, -0.2) is 0 Å². The SMILES string of the molecule is N#Cc1cc(Oc2ccccc2C(F)(F)F)ccc1N. The summed E-state index contributed by atoms with van der Waals surface area (Å²) in [6.45, 7) is 0. The van der Waals surface area contributed by atoms with Crippen molar-refractivity contribution < 1.29 is 17.9 Å². The van der Waals surface area contributed by atoms with Gasteiger partial charge in [-0.15, -0.1) is 0 Å². The highest BCUT2D eigenvalue weighted by molar-refractivity contribution is 5.57. The first-order chi connectivity index (χ1) is 9.41. The Morgan fingerprint density at radius 2 is 1.80 bits per heavy atom. The first-order valence-electron chi connectivity index (χ1n) is 5.55. The Morgan fingerprint density at radius 1 is 1.10 bits per heavy atom. The van der Waals surface area contributed by atoms with E-state index in [4.69, 9.17) is 15.7 Å². The highest BCUT2D eigenvalue weighted by atomic mass is 19.4. The molecule has 0 saturated heterocycles. The molecule has 0 aromatic heterocycles. The lowest BCUT2D eigenvalue weighted by Gasteiger charge is -2.13. The van der Waals surface area contributed by atoms with Gasteiger partial charge in [0.15, 0.2) is 0 Å². The summed E-state index contributed by atoms with van der Waals surface area (Å²) in [6, 6.07) is 10.8. The summed E-state index contributed by atoms with van der Waals surface area (Å²) < 4.78 is 43.6. The molecule has 2 N–H and O–H groups in total. The molecule has 0 aliphatic carbocycles. The highest BCUT2D eigenvalue weighted by Crippen LogP contribution is 2.38. The number of rotatable bonds is 2. The number of nitrogens with two attached hydrogens (primary N) is 1. The second kappa shape index (κ2) is 5.13. The Hall–Kier alpha value is -2.68. The summed E-state index contributed by atoms with van der Waals surface area (Å²) in [4.78, 5) is 0. The Balaban J connectivity index is 2.39. The van der Waals surface area contributed by atoms with Gasteiger partial charge in [0.1, 0.15) is 17.6 Å². The zero-order valence-electron chi connectivity index (χ0n) is 10.1. The first kappa shape index (κ1) is 13.7. The van der Waals surface area contributed by atoms with Crippen LogP contribution in [0.15, 0.2) is 42.5 Å².